The molecule has 0 aliphatic carbocycles. The molecule has 0 aliphatic heterocycles. The summed E-state index contributed by atoms with van der Waals surface area (Å²) >= 11 is 0. The Labute approximate surface area is 319 Å². The molecule has 0 unspecified atom stereocenters. The quantitative estimate of drug-likeness (QED) is 0.0459. The zero-order chi connectivity index (χ0) is 36.3. The number of pyridine rings is 4. The summed E-state index contributed by atoms with van der Waals surface area (Å²) < 4.78 is 0. The van der Waals surface area contributed by atoms with Gasteiger partial charge in [-0.3, -0.25) is 29.5 Å². The van der Waals surface area contributed by atoms with Crippen LogP contribution in [0.1, 0.15) is 123 Å². The third kappa shape index (κ3) is 16.7. The van der Waals surface area contributed by atoms with Gasteiger partial charge in [0, 0.05) is 49.4 Å². The summed E-state index contributed by atoms with van der Waals surface area (Å²) in [6.07, 6.45) is 26.8. The lowest BCUT2D eigenvalue weighted by Gasteiger charge is -2.06. The molecule has 2 N–H and O–H groups in total. The Hall–Kier alpha value is -3.76. The van der Waals surface area contributed by atoms with Gasteiger partial charge in [0.25, 0.3) is 11.8 Å². The van der Waals surface area contributed by atoms with E-state index in [-0.39, 0.29) is 11.8 Å². The van der Waals surface area contributed by atoms with Gasteiger partial charge in [-0.05, 0) is 74.2 Å². The van der Waals surface area contributed by atoms with Crippen LogP contribution in [0.5, 0.6) is 0 Å². The van der Waals surface area contributed by atoms with E-state index < -0.39 is 0 Å². The second-order valence-corrected chi connectivity index (χ2v) is 15.8. The number of hydrogen-bond donors (Lipinski definition) is 2. The van der Waals surface area contributed by atoms with Gasteiger partial charge in [-0.2, -0.15) is 0 Å². The van der Waals surface area contributed by atoms with Crippen LogP contribution in [-0.4, -0.2) is 56.3 Å². The van der Waals surface area contributed by atoms with Gasteiger partial charge >= 0.3 is 0 Å². The second-order valence-electron chi connectivity index (χ2n) is 13.1. The third-order valence-electron chi connectivity index (χ3n) is 8.87. The number of nitrogens with one attached hydrogen (secondary N) is 2. The number of rotatable bonds is 27. The van der Waals surface area contributed by atoms with Crippen molar-refractivity contribution >= 4 is 33.4 Å². The molecule has 0 atom stereocenters. The van der Waals surface area contributed by atoms with Crippen LogP contribution in [0.3, 0.4) is 0 Å². The number of carbonyl (C=O) groups excluding carboxylic acids is 2. The van der Waals surface area contributed by atoms with Gasteiger partial charge in [0.2, 0.25) is 0 Å². The van der Waals surface area contributed by atoms with E-state index in [1.165, 1.54) is 88.6 Å². The topological polar surface area (TPSA) is 110 Å². The van der Waals surface area contributed by atoms with Crippen LogP contribution in [0.25, 0.3) is 22.8 Å². The summed E-state index contributed by atoms with van der Waals surface area (Å²) in [4.78, 5) is 42.2. The minimum Gasteiger partial charge on any atom is -0.352 e. The van der Waals surface area contributed by atoms with Gasteiger partial charge in [-0.1, -0.05) is 111 Å². The summed E-state index contributed by atoms with van der Waals surface area (Å²) in [6.45, 7) is 1.42. The molecule has 8 nitrogen and oxygen atoms in total. The minimum absolute atomic E-state index is 0.0604. The molecule has 0 aromatic carbocycles. The van der Waals surface area contributed by atoms with Crippen LogP contribution < -0.4 is 10.6 Å². The first-order valence-electron chi connectivity index (χ1n) is 19.3. The summed E-state index contributed by atoms with van der Waals surface area (Å²) in [5.74, 6) is 2.41. The Morgan fingerprint density at radius 3 is 1.13 bits per heavy atom. The zero-order valence-electron chi connectivity index (χ0n) is 30.6. The molecule has 0 bridgehead atoms. The van der Waals surface area contributed by atoms with Crippen molar-refractivity contribution in [2.45, 2.75) is 103 Å². The number of aromatic nitrogens is 4. The van der Waals surface area contributed by atoms with Crippen molar-refractivity contribution in [3.8, 4) is 22.8 Å². The summed E-state index contributed by atoms with van der Waals surface area (Å²) in [5, 5.41) is 6.04. The van der Waals surface area contributed by atoms with Crippen molar-refractivity contribution < 1.29 is 9.59 Å². The van der Waals surface area contributed by atoms with E-state index in [0.29, 0.717) is 24.2 Å². The Morgan fingerprint density at radius 1 is 0.423 bits per heavy atom. The van der Waals surface area contributed by atoms with Crippen LogP contribution in [-0.2, 0) is 0 Å². The minimum atomic E-state index is -0.0604. The van der Waals surface area contributed by atoms with Crippen LogP contribution in [0.4, 0.5) is 0 Å². The molecule has 10 heteroatoms. The summed E-state index contributed by atoms with van der Waals surface area (Å²) in [5.41, 5.74) is 4.33. The first-order chi connectivity index (χ1) is 25.7. The van der Waals surface area contributed by atoms with Gasteiger partial charge in [0.05, 0.1) is 33.9 Å². The number of amides is 2. The SMILES string of the molecule is O=C(NCCCCCCCCCCSSCCCCCCCCCCNC(=O)c1ccc(-c2ccccn2)nc1)c1ccc(-c2ccccn2)nc1. The largest absolute Gasteiger partial charge is 0.352 e. The molecule has 4 rings (SSSR count). The Balaban J connectivity index is 0.833. The van der Waals surface area contributed by atoms with Crippen molar-refractivity contribution in [2.24, 2.45) is 0 Å². The standard InChI is InChI=1S/C42H56N6O2S2/c49-41(35-23-25-39(47-33-35)37-21-13-17-27-43-37)45-29-15-9-5-1-3-7-11-19-31-51-52-32-20-12-8-4-2-6-10-16-30-46-42(50)36-24-26-40(48-34-36)38-22-14-18-28-44-38/h13-14,17-18,21-28,33-34H,1-12,15-16,19-20,29-32H2,(H,45,49)(H,46,50). The molecule has 0 aliphatic rings. The molecule has 278 valence electrons. The smallest absolute Gasteiger partial charge is 0.252 e. The lowest BCUT2D eigenvalue weighted by molar-refractivity contribution is 0.0944. The van der Waals surface area contributed by atoms with Crippen molar-refractivity contribution in [2.75, 3.05) is 24.6 Å². The average molecular weight is 741 g/mol. The maximum absolute atomic E-state index is 12.4. The molecular weight excluding hydrogens is 685 g/mol. The van der Waals surface area contributed by atoms with E-state index in [1.54, 1.807) is 24.8 Å². The van der Waals surface area contributed by atoms with Crippen LogP contribution in [0, 0.1) is 0 Å². The van der Waals surface area contributed by atoms with E-state index in [2.05, 4.69) is 30.6 Å². The number of hydrogen-bond acceptors (Lipinski definition) is 8. The number of carbonyl (C=O) groups is 2. The van der Waals surface area contributed by atoms with Crippen molar-refractivity contribution in [1.82, 2.24) is 30.6 Å². The summed E-state index contributed by atoms with van der Waals surface area (Å²) in [6, 6.07) is 18.8. The number of nitrogens with zero attached hydrogens (tertiary/aromatic N) is 4. The van der Waals surface area contributed by atoms with Crippen LogP contribution in [0.15, 0.2) is 85.5 Å². The van der Waals surface area contributed by atoms with Crippen molar-refractivity contribution in [3.63, 3.8) is 0 Å². The molecule has 4 aromatic rings. The second kappa shape index (κ2) is 26.1. The third-order valence-corrected chi connectivity index (χ3v) is 11.4. The van der Waals surface area contributed by atoms with E-state index in [4.69, 9.17) is 0 Å². The maximum atomic E-state index is 12.4. The van der Waals surface area contributed by atoms with Gasteiger partial charge in [0.15, 0.2) is 0 Å². The fourth-order valence-corrected chi connectivity index (χ4v) is 8.10. The van der Waals surface area contributed by atoms with Gasteiger partial charge in [0.1, 0.15) is 0 Å². The molecule has 0 fully saturated rings. The molecule has 52 heavy (non-hydrogen) atoms. The molecule has 4 aromatic heterocycles. The predicted molar refractivity (Wildman–Crippen MR) is 218 cm³/mol. The van der Waals surface area contributed by atoms with Gasteiger partial charge in [-0.15, -0.1) is 0 Å². The first kappa shape index (κ1) is 41.0. The van der Waals surface area contributed by atoms with E-state index >= 15 is 0 Å². The van der Waals surface area contributed by atoms with Gasteiger partial charge < -0.3 is 10.6 Å². The molecule has 2 amide bonds. The van der Waals surface area contributed by atoms with Crippen LogP contribution in [0.2, 0.25) is 0 Å². The fourth-order valence-electron chi connectivity index (χ4n) is 5.81. The highest BCUT2D eigenvalue weighted by Crippen LogP contribution is 2.25. The van der Waals surface area contributed by atoms with Crippen LogP contribution >= 0.6 is 21.6 Å². The fraction of sp³-hybridized carbons (Fsp3) is 0.476. The van der Waals surface area contributed by atoms with Gasteiger partial charge in [-0.25, -0.2) is 0 Å². The molecule has 0 spiro atoms. The highest BCUT2D eigenvalue weighted by molar-refractivity contribution is 8.76. The highest BCUT2D eigenvalue weighted by Gasteiger charge is 2.08. The monoisotopic (exact) mass is 740 g/mol. The molecule has 0 radical (unpaired) electrons. The summed E-state index contributed by atoms with van der Waals surface area (Å²) in [7, 11) is 4.10. The Kier molecular flexibility index (Phi) is 20.6. The molecule has 0 saturated heterocycles. The predicted octanol–water partition coefficient (Wildman–Crippen LogP) is 10.4. The zero-order valence-corrected chi connectivity index (χ0v) is 32.3. The van der Waals surface area contributed by atoms with E-state index in [1.807, 2.05) is 82.3 Å². The highest BCUT2D eigenvalue weighted by atomic mass is 33.1. The molecule has 4 heterocycles. The number of unbranched alkanes of at least 4 members (excludes halogenated alkanes) is 14. The maximum Gasteiger partial charge on any atom is 0.252 e. The van der Waals surface area contributed by atoms with E-state index in [9.17, 15) is 9.59 Å². The lowest BCUT2D eigenvalue weighted by Crippen LogP contribution is -2.24. The molecule has 0 saturated carbocycles. The average Bonchev–Trinajstić information content (AvgIpc) is 3.20. The Morgan fingerprint density at radius 2 is 0.788 bits per heavy atom. The van der Waals surface area contributed by atoms with Crippen molar-refractivity contribution in [1.29, 1.82) is 0 Å². The lowest BCUT2D eigenvalue weighted by atomic mass is 10.1. The van der Waals surface area contributed by atoms with Crippen molar-refractivity contribution in [3.05, 3.63) is 96.6 Å². The van der Waals surface area contributed by atoms with E-state index in [0.717, 1.165) is 48.5 Å². The Bertz CT molecular complexity index is 1410. The molecular formula is C42H56N6O2S2. The first-order valence-corrected chi connectivity index (χ1v) is 21.8. The normalized spacial score (nSPS) is 11.0.